The molecule has 0 aliphatic carbocycles. The highest BCUT2D eigenvalue weighted by atomic mass is 14.7. The molecule has 36 heavy (non-hydrogen) atoms. The van der Waals surface area contributed by atoms with E-state index in [0.717, 1.165) is 66.4 Å². The highest BCUT2D eigenvalue weighted by Crippen LogP contribution is 2.35. The average Bonchev–Trinajstić information content (AvgIpc) is 2.94. The van der Waals surface area contributed by atoms with Gasteiger partial charge in [-0.2, -0.15) is 0 Å². The summed E-state index contributed by atoms with van der Waals surface area (Å²) < 4.78 is 0. The molecule has 0 fully saturated rings. The molecule has 0 atom stereocenters. The summed E-state index contributed by atoms with van der Waals surface area (Å²) in [5.41, 5.74) is 8.82. The van der Waals surface area contributed by atoms with Crippen LogP contribution in [0.25, 0.3) is 61.3 Å². The molecule has 4 aromatic heterocycles. The predicted octanol–water partition coefficient (Wildman–Crippen LogP) is 7.41. The van der Waals surface area contributed by atoms with E-state index in [1.807, 2.05) is 55.9 Å². The van der Waals surface area contributed by atoms with Crippen LogP contribution >= 0.6 is 0 Å². The van der Waals surface area contributed by atoms with E-state index in [9.17, 15) is 0 Å². The molecule has 0 saturated heterocycles. The van der Waals surface area contributed by atoms with Gasteiger partial charge in [0, 0.05) is 45.9 Å². The van der Waals surface area contributed by atoms with E-state index in [0.29, 0.717) is 0 Å². The van der Waals surface area contributed by atoms with Gasteiger partial charge in [0.1, 0.15) is 0 Å². The fourth-order valence-electron chi connectivity index (χ4n) is 4.72. The molecule has 2 aromatic carbocycles. The molecule has 6 aromatic rings. The molecule has 4 heteroatoms. The Labute approximate surface area is 209 Å². The van der Waals surface area contributed by atoms with Gasteiger partial charge in [-0.15, -0.1) is 5.92 Å². The fraction of sp³-hybridized carbons (Fsp3) is 0.0625. The molecule has 4 nitrogen and oxygen atoms in total. The number of hydrogen-bond acceptors (Lipinski definition) is 4. The molecule has 0 saturated carbocycles. The fourth-order valence-corrected chi connectivity index (χ4v) is 4.72. The van der Waals surface area contributed by atoms with Crippen molar-refractivity contribution in [3.05, 3.63) is 103 Å². The maximum absolute atomic E-state index is 5.16. The van der Waals surface area contributed by atoms with Crippen LogP contribution in [0.4, 0.5) is 0 Å². The molecule has 170 valence electrons. The molecule has 4 heterocycles. The van der Waals surface area contributed by atoms with Crippen molar-refractivity contribution < 1.29 is 0 Å². The van der Waals surface area contributed by atoms with Gasteiger partial charge in [0.2, 0.25) is 0 Å². The van der Waals surface area contributed by atoms with Gasteiger partial charge in [0.15, 0.2) is 0 Å². The first-order valence-electron chi connectivity index (χ1n) is 11.8. The SMILES string of the molecule is CC#C/C=C\c1cc(-c2cccc(-c3cc4cccnc4c4ncccc34)n2)c2cccnc2c1C. The lowest BCUT2D eigenvalue weighted by atomic mass is 9.95. The maximum atomic E-state index is 5.16. The monoisotopic (exact) mass is 462 g/mol. The van der Waals surface area contributed by atoms with Crippen molar-refractivity contribution in [3.8, 4) is 34.4 Å². The third-order valence-electron chi connectivity index (χ3n) is 6.44. The molecule has 0 aliphatic heterocycles. The minimum Gasteiger partial charge on any atom is -0.256 e. The van der Waals surface area contributed by atoms with Crippen LogP contribution in [-0.2, 0) is 0 Å². The molecular formula is C32H22N4. The Morgan fingerprint density at radius 3 is 2.08 bits per heavy atom. The second kappa shape index (κ2) is 9.05. The van der Waals surface area contributed by atoms with E-state index < -0.39 is 0 Å². The van der Waals surface area contributed by atoms with Crippen LogP contribution < -0.4 is 0 Å². The summed E-state index contributed by atoms with van der Waals surface area (Å²) in [6.07, 6.45) is 9.39. The summed E-state index contributed by atoms with van der Waals surface area (Å²) in [4.78, 5) is 19.1. The van der Waals surface area contributed by atoms with Gasteiger partial charge in [0.25, 0.3) is 0 Å². The van der Waals surface area contributed by atoms with Crippen LogP contribution in [0.1, 0.15) is 18.1 Å². The number of benzene rings is 2. The summed E-state index contributed by atoms with van der Waals surface area (Å²) in [5.74, 6) is 5.94. The van der Waals surface area contributed by atoms with Crippen LogP contribution in [-0.4, -0.2) is 19.9 Å². The second-order valence-electron chi connectivity index (χ2n) is 8.57. The van der Waals surface area contributed by atoms with E-state index in [2.05, 4.69) is 77.3 Å². The quantitative estimate of drug-likeness (QED) is 0.203. The van der Waals surface area contributed by atoms with Crippen molar-refractivity contribution in [2.75, 3.05) is 0 Å². The first-order valence-corrected chi connectivity index (χ1v) is 11.8. The number of allylic oxidation sites excluding steroid dienone is 1. The summed E-state index contributed by atoms with van der Waals surface area (Å²) in [6.45, 7) is 3.94. The molecule has 0 N–H and O–H groups in total. The number of nitrogens with zero attached hydrogens (tertiary/aromatic N) is 4. The first-order chi connectivity index (χ1) is 17.7. The van der Waals surface area contributed by atoms with Crippen molar-refractivity contribution in [1.82, 2.24) is 19.9 Å². The number of aryl methyl sites for hydroxylation is 1. The minimum absolute atomic E-state index is 0.882. The van der Waals surface area contributed by atoms with Crippen molar-refractivity contribution in [2.24, 2.45) is 0 Å². The summed E-state index contributed by atoms with van der Waals surface area (Å²) in [5, 5.41) is 3.15. The highest BCUT2D eigenvalue weighted by Gasteiger charge is 2.15. The zero-order chi connectivity index (χ0) is 24.5. The number of fused-ring (bicyclic) bond motifs is 4. The lowest BCUT2D eigenvalue weighted by molar-refractivity contribution is 1.31. The second-order valence-corrected chi connectivity index (χ2v) is 8.57. The van der Waals surface area contributed by atoms with Gasteiger partial charge < -0.3 is 0 Å². The zero-order valence-corrected chi connectivity index (χ0v) is 20.0. The number of aromatic nitrogens is 4. The lowest BCUT2D eigenvalue weighted by Gasteiger charge is -2.13. The van der Waals surface area contributed by atoms with Crippen LogP contribution in [0.3, 0.4) is 0 Å². The van der Waals surface area contributed by atoms with E-state index in [1.54, 1.807) is 0 Å². The highest BCUT2D eigenvalue weighted by molar-refractivity contribution is 6.09. The van der Waals surface area contributed by atoms with Crippen molar-refractivity contribution in [1.29, 1.82) is 0 Å². The van der Waals surface area contributed by atoms with Crippen LogP contribution in [0, 0.1) is 18.8 Å². The van der Waals surface area contributed by atoms with Crippen molar-refractivity contribution in [3.63, 3.8) is 0 Å². The number of pyridine rings is 4. The summed E-state index contributed by atoms with van der Waals surface area (Å²) >= 11 is 0. The largest absolute Gasteiger partial charge is 0.256 e. The van der Waals surface area contributed by atoms with Gasteiger partial charge in [-0.25, -0.2) is 4.98 Å². The van der Waals surface area contributed by atoms with Crippen molar-refractivity contribution >= 4 is 38.8 Å². The Morgan fingerprint density at radius 1 is 0.694 bits per heavy atom. The Morgan fingerprint density at radius 2 is 1.33 bits per heavy atom. The van der Waals surface area contributed by atoms with Crippen LogP contribution in [0.15, 0.2) is 91.4 Å². The topological polar surface area (TPSA) is 51.6 Å². The molecule has 0 spiro atoms. The lowest BCUT2D eigenvalue weighted by Crippen LogP contribution is -1.95. The van der Waals surface area contributed by atoms with Gasteiger partial charge in [-0.05, 0) is 79.6 Å². The molecule has 0 radical (unpaired) electrons. The molecule has 0 unspecified atom stereocenters. The van der Waals surface area contributed by atoms with E-state index >= 15 is 0 Å². The summed E-state index contributed by atoms with van der Waals surface area (Å²) in [7, 11) is 0. The first kappa shape index (κ1) is 21.6. The van der Waals surface area contributed by atoms with Gasteiger partial charge in [-0.1, -0.05) is 30.2 Å². The van der Waals surface area contributed by atoms with Gasteiger partial charge in [-0.3, -0.25) is 15.0 Å². The number of hydrogen-bond donors (Lipinski definition) is 0. The third-order valence-corrected chi connectivity index (χ3v) is 6.44. The Bertz CT molecular complexity index is 1870. The minimum atomic E-state index is 0.882. The third kappa shape index (κ3) is 3.68. The summed E-state index contributed by atoms with van der Waals surface area (Å²) in [6, 6.07) is 22.7. The molecule has 0 aliphatic rings. The molecule has 0 amide bonds. The Balaban J connectivity index is 1.59. The van der Waals surface area contributed by atoms with Gasteiger partial charge >= 0.3 is 0 Å². The Kier molecular flexibility index (Phi) is 5.44. The molecule has 6 rings (SSSR count). The van der Waals surface area contributed by atoms with Crippen LogP contribution in [0.5, 0.6) is 0 Å². The van der Waals surface area contributed by atoms with E-state index in [-0.39, 0.29) is 0 Å². The number of rotatable bonds is 3. The molecule has 0 bridgehead atoms. The van der Waals surface area contributed by atoms with Crippen LogP contribution in [0.2, 0.25) is 0 Å². The van der Waals surface area contributed by atoms with Crippen molar-refractivity contribution in [2.45, 2.75) is 13.8 Å². The van der Waals surface area contributed by atoms with E-state index in [1.165, 1.54) is 0 Å². The van der Waals surface area contributed by atoms with Gasteiger partial charge in [0.05, 0.1) is 27.9 Å². The smallest absolute Gasteiger partial charge is 0.0971 e. The predicted molar refractivity (Wildman–Crippen MR) is 148 cm³/mol. The maximum Gasteiger partial charge on any atom is 0.0971 e. The van der Waals surface area contributed by atoms with E-state index in [4.69, 9.17) is 9.97 Å². The average molecular weight is 463 g/mol. The Hall–Kier alpha value is -4.88. The zero-order valence-electron chi connectivity index (χ0n) is 20.0. The standard InChI is InChI=1S/C32H22N4/c1-3-4-5-10-22-19-26(24-12-8-17-33-30(24)21(22)2)28-14-6-15-29(36-28)27-20-23-11-7-16-34-31(23)32-25(27)13-9-18-35-32/h5-20H,1-2H3/b10-5-. The molecular weight excluding hydrogens is 440 g/mol. The normalized spacial score (nSPS) is 11.3.